The Morgan fingerprint density at radius 1 is 1.06 bits per heavy atom. The molecule has 8 nitrogen and oxygen atoms in total. The van der Waals surface area contributed by atoms with Gasteiger partial charge >= 0.3 is 12.1 Å². The van der Waals surface area contributed by atoms with Crippen LogP contribution in [-0.2, 0) is 19.1 Å². The van der Waals surface area contributed by atoms with Crippen LogP contribution in [0.2, 0.25) is 0 Å². The number of carbonyl (C=O) groups excluding carboxylic acids is 2. The molecule has 1 aliphatic carbocycles. The molecule has 0 bridgehead atoms. The number of ether oxygens (including phenoxy) is 2. The number of carbonyl (C=O) groups is 3. The van der Waals surface area contributed by atoms with E-state index in [4.69, 9.17) is 14.6 Å². The molecule has 2 N–H and O–H groups in total. The number of likely N-dealkylation sites (N-methyl/N-ethyl adjacent to an activating group) is 1. The van der Waals surface area contributed by atoms with E-state index in [9.17, 15) is 14.4 Å². The van der Waals surface area contributed by atoms with E-state index < -0.39 is 30.0 Å². The van der Waals surface area contributed by atoms with E-state index in [0.29, 0.717) is 0 Å². The number of nitrogens with zero attached hydrogens (tertiary/aromatic N) is 1. The Labute approximate surface area is 187 Å². The summed E-state index contributed by atoms with van der Waals surface area (Å²) in [5.74, 6) is -2.18. The van der Waals surface area contributed by atoms with Gasteiger partial charge in [-0.3, -0.25) is 9.59 Å². The minimum atomic E-state index is -0.990. The fourth-order valence-corrected chi connectivity index (χ4v) is 3.92. The van der Waals surface area contributed by atoms with Crippen molar-refractivity contribution in [3.8, 4) is 11.1 Å². The zero-order valence-electron chi connectivity index (χ0n) is 18.4. The molecule has 1 aliphatic rings. The van der Waals surface area contributed by atoms with Gasteiger partial charge in [0.25, 0.3) is 5.91 Å². The van der Waals surface area contributed by atoms with Crippen molar-refractivity contribution in [3.05, 3.63) is 59.7 Å². The van der Waals surface area contributed by atoms with Crippen LogP contribution in [0.5, 0.6) is 0 Å². The Bertz CT molecular complexity index is 946. The van der Waals surface area contributed by atoms with Crippen LogP contribution in [-0.4, -0.2) is 67.9 Å². The maximum absolute atomic E-state index is 12.5. The predicted octanol–water partition coefficient (Wildman–Crippen LogP) is 2.72. The Balaban J connectivity index is 1.55. The number of aliphatic carboxylic acids is 1. The normalized spacial score (nSPS) is 14.1. The maximum atomic E-state index is 12.5. The molecule has 0 saturated carbocycles. The quantitative estimate of drug-likeness (QED) is 0.621. The molecular weight excluding hydrogens is 412 g/mol. The fourth-order valence-electron chi connectivity index (χ4n) is 3.92. The summed E-state index contributed by atoms with van der Waals surface area (Å²) in [6, 6.07) is 16.1. The molecule has 2 aromatic rings. The van der Waals surface area contributed by atoms with Gasteiger partial charge in [-0.15, -0.1) is 0 Å². The number of alkyl carbamates (subject to hydrolysis) is 1. The van der Waals surface area contributed by atoms with Crippen LogP contribution in [0, 0.1) is 5.92 Å². The summed E-state index contributed by atoms with van der Waals surface area (Å²) in [6.07, 6.45) is -1.59. The lowest BCUT2D eigenvalue weighted by atomic mass is 9.98. The van der Waals surface area contributed by atoms with Crippen molar-refractivity contribution < 1.29 is 29.0 Å². The predicted molar refractivity (Wildman–Crippen MR) is 118 cm³/mol. The number of hydrogen-bond acceptors (Lipinski definition) is 5. The SMILES string of the molecule is COC(CNC(=O)OCC1c2ccccc2-c2ccccc21)C(=O)N(C)CC(C)C(=O)O. The number of methoxy groups -OCH3 is 1. The zero-order chi connectivity index (χ0) is 23.3. The molecule has 0 radical (unpaired) electrons. The van der Waals surface area contributed by atoms with E-state index in [1.807, 2.05) is 36.4 Å². The lowest BCUT2D eigenvalue weighted by molar-refractivity contribution is -0.145. The monoisotopic (exact) mass is 440 g/mol. The summed E-state index contributed by atoms with van der Waals surface area (Å²) in [7, 11) is 2.86. The van der Waals surface area contributed by atoms with Gasteiger partial charge in [0.15, 0.2) is 6.10 Å². The van der Waals surface area contributed by atoms with Gasteiger partial charge in [-0.1, -0.05) is 55.5 Å². The molecule has 8 heteroatoms. The highest BCUT2D eigenvalue weighted by atomic mass is 16.5. The van der Waals surface area contributed by atoms with Gasteiger partial charge in [0, 0.05) is 26.6 Å². The maximum Gasteiger partial charge on any atom is 0.407 e. The van der Waals surface area contributed by atoms with Gasteiger partial charge in [-0.2, -0.15) is 0 Å². The van der Waals surface area contributed by atoms with Crippen LogP contribution in [0.25, 0.3) is 11.1 Å². The van der Waals surface area contributed by atoms with Gasteiger partial charge in [-0.25, -0.2) is 4.79 Å². The van der Waals surface area contributed by atoms with E-state index in [1.165, 1.54) is 26.0 Å². The Morgan fingerprint density at radius 2 is 1.62 bits per heavy atom. The lowest BCUT2D eigenvalue weighted by Crippen LogP contribution is -2.46. The van der Waals surface area contributed by atoms with Crippen molar-refractivity contribution in [2.45, 2.75) is 18.9 Å². The highest BCUT2D eigenvalue weighted by Gasteiger charge is 2.29. The third-order valence-electron chi connectivity index (χ3n) is 5.68. The summed E-state index contributed by atoms with van der Waals surface area (Å²) in [6.45, 7) is 1.64. The molecule has 0 fully saturated rings. The second-order valence-corrected chi connectivity index (χ2v) is 7.89. The molecule has 32 heavy (non-hydrogen) atoms. The van der Waals surface area contributed by atoms with Gasteiger partial charge in [0.05, 0.1) is 12.5 Å². The third kappa shape index (κ3) is 5.08. The highest BCUT2D eigenvalue weighted by Crippen LogP contribution is 2.44. The summed E-state index contributed by atoms with van der Waals surface area (Å²) in [5, 5.41) is 11.6. The molecule has 0 saturated heterocycles. The second-order valence-electron chi connectivity index (χ2n) is 7.89. The Kier molecular flexibility index (Phi) is 7.48. The molecule has 2 amide bonds. The molecule has 2 unspecified atom stereocenters. The topological polar surface area (TPSA) is 105 Å². The van der Waals surface area contributed by atoms with Crippen molar-refractivity contribution in [1.82, 2.24) is 10.2 Å². The number of nitrogens with one attached hydrogen (secondary N) is 1. The van der Waals surface area contributed by atoms with Crippen LogP contribution in [0.1, 0.15) is 24.0 Å². The molecule has 0 aromatic heterocycles. The standard InChI is InChI=1S/C24H28N2O6/c1-15(23(28)29)13-26(2)22(27)21(31-3)12-25-24(30)32-14-20-18-10-6-4-8-16(18)17-9-5-7-11-19(17)20/h4-11,15,20-21H,12-14H2,1-3H3,(H,25,30)(H,28,29). The number of amides is 2. The zero-order valence-corrected chi connectivity index (χ0v) is 18.4. The fraction of sp³-hybridized carbons (Fsp3) is 0.375. The van der Waals surface area contributed by atoms with Crippen molar-refractivity contribution in [2.24, 2.45) is 5.92 Å². The Hall–Kier alpha value is -3.39. The number of hydrogen-bond donors (Lipinski definition) is 2. The smallest absolute Gasteiger partial charge is 0.407 e. The van der Waals surface area contributed by atoms with Crippen LogP contribution in [0.4, 0.5) is 4.79 Å². The van der Waals surface area contributed by atoms with Crippen molar-refractivity contribution in [1.29, 1.82) is 0 Å². The first-order valence-corrected chi connectivity index (χ1v) is 10.4. The van der Waals surface area contributed by atoms with Gasteiger partial charge in [0.2, 0.25) is 0 Å². The largest absolute Gasteiger partial charge is 0.481 e. The number of carboxylic acids is 1. The van der Waals surface area contributed by atoms with Crippen molar-refractivity contribution in [2.75, 3.05) is 33.9 Å². The minimum Gasteiger partial charge on any atom is -0.481 e. The molecule has 0 heterocycles. The number of benzene rings is 2. The third-order valence-corrected chi connectivity index (χ3v) is 5.68. The number of rotatable bonds is 9. The van der Waals surface area contributed by atoms with E-state index in [0.717, 1.165) is 22.3 Å². The molecule has 0 aliphatic heterocycles. The lowest BCUT2D eigenvalue weighted by Gasteiger charge is -2.24. The van der Waals surface area contributed by atoms with Crippen molar-refractivity contribution in [3.63, 3.8) is 0 Å². The summed E-state index contributed by atoms with van der Waals surface area (Å²) in [4.78, 5) is 37.1. The molecule has 2 aromatic carbocycles. The van der Waals surface area contributed by atoms with Crippen LogP contribution >= 0.6 is 0 Å². The van der Waals surface area contributed by atoms with E-state index in [-0.39, 0.29) is 25.6 Å². The van der Waals surface area contributed by atoms with E-state index in [2.05, 4.69) is 17.4 Å². The summed E-state index contributed by atoms with van der Waals surface area (Å²) < 4.78 is 10.7. The average Bonchev–Trinajstić information content (AvgIpc) is 3.11. The summed E-state index contributed by atoms with van der Waals surface area (Å²) >= 11 is 0. The molecule has 3 rings (SSSR count). The first kappa shape index (κ1) is 23.3. The first-order chi connectivity index (χ1) is 15.3. The van der Waals surface area contributed by atoms with Gasteiger partial charge in [0.1, 0.15) is 6.61 Å². The Morgan fingerprint density at radius 3 is 2.16 bits per heavy atom. The van der Waals surface area contributed by atoms with E-state index in [1.54, 1.807) is 0 Å². The van der Waals surface area contributed by atoms with Crippen LogP contribution in [0.15, 0.2) is 48.5 Å². The molecular formula is C24H28N2O6. The molecule has 0 spiro atoms. The first-order valence-electron chi connectivity index (χ1n) is 10.4. The molecule has 2 atom stereocenters. The van der Waals surface area contributed by atoms with Crippen LogP contribution in [0.3, 0.4) is 0 Å². The number of fused-ring (bicyclic) bond motifs is 3. The summed E-state index contributed by atoms with van der Waals surface area (Å²) in [5.41, 5.74) is 4.50. The van der Waals surface area contributed by atoms with Gasteiger partial charge < -0.3 is 24.8 Å². The molecule has 170 valence electrons. The average molecular weight is 440 g/mol. The van der Waals surface area contributed by atoms with E-state index >= 15 is 0 Å². The van der Waals surface area contributed by atoms with Crippen molar-refractivity contribution >= 4 is 18.0 Å². The highest BCUT2D eigenvalue weighted by molar-refractivity contribution is 5.82. The number of carboxylic acid groups (broad SMARTS) is 1. The van der Waals surface area contributed by atoms with Crippen LogP contribution < -0.4 is 5.32 Å². The van der Waals surface area contributed by atoms with Gasteiger partial charge in [-0.05, 0) is 22.3 Å². The minimum absolute atomic E-state index is 0.0406. The second kappa shape index (κ2) is 10.3.